The van der Waals surface area contributed by atoms with Gasteiger partial charge in [0, 0.05) is 42.0 Å². The lowest BCUT2D eigenvalue weighted by molar-refractivity contribution is -0.110. The summed E-state index contributed by atoms with van der Waals surface area (Å²) in [6.45, 7) is 2.39. The van der Waals surface area contributed by atoms with Gasteiger partial charge in [0.2, 0.25) is 0 Å². The molecule has 28 heavy (non-hydrogen) atoms. The van der Waals surface area contributed by atoms with E-state index in [2.05, 4.69) is 16.3 Å². The lowest BCUT2D eigenvalue weighted by Gasteiger charge is -2.33. The van der Waals surface area contributed by atoms with Crippen LogP contribution in [0.1, 0.15) is 28.7 Å². The fourth-order valence-electron chi connectivity index (χ4n) is 4.25. The number of amides is 1. The van der Waals surface area contributed by atoms with E-state index in [4.69, 9.17) is 4.74 Å². The number of nitrogens with one attached hydrogen (secondary N) is 1. The average molecular weight is 378 g/mol. The Morgan fingerprint density at radius 3 is 2.82 bits per heavy atom. The van der Waals surface area contributed by atoms with Crippen LogP contribution < -0.4 is 5.32 Å². The number of anilines is 1. The number of hydrogen-bond donors (Lipinski definition) is 3. The summed E-state index contributed by atoms with van der Waals surface area (Å²) >= 11 is 0. The third-order valence-corrected chi connectivity index (χ3v) is 5.72. The summed E-state index contributed by atoms with van der Waals surface area (Å²) in [6, 6.07) is 13.8. The predicted octanol–water partition coefficient (Wildman–Crippen LogP) is 1.96. The second-order valence-corrected chi connectivity index (χ2v) is 7.64. The number of carbonyl (C=O) groups is 1. The van der Waals surface area contributed by atoms with E-state index in [0.717, 1.165) is 34.5 Å². The smallest absolute Gasteiger partial charge is 0.260 e. The minimum absolute atomic E-state index is 0.131. The number of benzene rings is 2. The highest BCUT2D eigenvalue weighted by Gasteiger charge is 2.32. The molecule has 5 rings (SSSR count). The molecule has 3 aliphatic heterocycles. The topological polar surface area (TPSA) is 82.0 Å². The molecule has 0 bridgehead atoms. The number of ether oxygens (including phenoxy) is 1. The molecule has 6 nitrogen and oxygen atoms in total. The van der Waals surface area contributed by atoms with Gasteiger partial charge in [0.05, 0.1) is 17.8 Å². The van der Waals surface area contributed by atoms with Crippen molar-refractivity contribution >= 4 is 22.9 Å². The lowest BCUT2D eigenvalue weighted by Crippen LogP contribution is -2.46. The number of aliphatic hydroxyl groups excluding tert-OH is 2. The summed E-state index contributed by atoms with van der Waals surface area (Å²) < 4.78 is 5.94. The quantitative estimate of drug-likeness (QED) is 0.696. The van der Waals surface area contributed by atoms with E-state index in [-0.39, 0.29) is 5.91 Å². The molecule has 0 saturated carbocycles. The van der Waals surface area contributed by atoms with Crippen molar-refractivity contribution in [2.24, 2.45) is 0 Å². The molecule has 0 aromatic heterocycles. The first kappa shape index (κ1) is 17.4. The minimum Gasteiger partial charge on any atom is -0.487 e. The van der Waals surface area contributed by atoms with Crippen LogP contribution in [-0.4, -0.2) is 46.3 Å². The molecule has 6 heteroatoms. The van der Waals surface area contributed by atoms with Crippen molar-refractivity contribution in [3.05, 3.63) is 64.7 Å². The first-order chi connectivity index (χ1) is 13.6. The molecule has 0 radical (unpaired) electrons. The molecule has 3 aliphatic rings. The van der Waals surface area contributed by atoms with E-state index in [1.165, 1.54) is 0 Å². The molecule has 2 aromatic carbocycles. The fraction of sp³-hybridized carbons (Fsp3) is 0.318. The van der Waals surface area contributed by atoms with Crippen molar-refractivity contribution in [1.82, 2.24) is 4.90 Å². The van der Waals surface area contributed by atoms with Crippen LogP contribution in [0.25, 0.3) is 11.3 Å². The molecule has 1 fully saturated rings. The zero-order valence-electron chi connectivity index (χ0n) is 15.4. The molecule has 0 spiro atoms. The lowest BCUT2D eigenvalue weighted by atomic mass is 9.98. The van der Waals surface area contributed by atoms with Crippen molar-refractivity contribution in [3.63, 3.8) is 0 Å². The summed E-state index contributed by atoms with van der Waals surface area (Å²) in [4.78, 5) is 14.7. The van der Waals surface area contributed by atoms with Gasteiger partial charge in [0.25, 0.3) is 5.91 Å². The number of nitrogens with zero attached hydrogens (tertiary/aromatic N) is 1. The van der Waals surface area contributed by atoms with Gasteiger partial charge in [-0.05, 0) is 18.1 Å². The first-order valence-corrected chi connectivity index (χ1v) is 9.58. The standard InChI is InChI=1S/C22H22N2O4/c25-18-7-8-24(11-19(18)26)10-13-5-6-15-14(9-13)12-28-21(15)20-16-3-1-2-4-17(16)23-22(20)27/h1-6,9,18-19,25-26H,7-8,10-12H2,(H,23,27)/t18-,19+/m1/s1. The summed E-state index contributed by atoms with van der Waals surface area (Å²) in [5, 5.41) is 22.5. The summed E-state index contributed by atoms with van der Waals surface area (Å²) in [7, 11) is 0. The molecule has 1 amide bonds. The number of rotatable bonds is 2. The molecule has 2 aromatic rings. The molecule has 144 valence electrons. The van der Waals surface area contributed by atoms with E-state index >= 15 is 0 Å². The number of β-amino-alcohol motifs (C(OH)–C–C–N with tert-alkyl or cyclic N) is 1. The molecule has 2 atom stereocenters. The Labute approximate surface area is 163 Å². The fourth-order valence-corrected chi connectivity index (χ4v) is 4.25. The van der Waals surface area contributed by atoms with E-state index in [1.54, 1.807) is 0 Å². The van der Waals surface area contributed by atoms with Crippen LogP contribution in [-0.2, 0) is 22.7 Å². The van der Waals surface area contributed by atoms with Gasteiger partial charge in [-0.1, -0.05) is 36.4 Å². The second kappa shape index (κ2) is 6.74. The third kappa shape index (κ3) is 2.90. The number of carbonyl (C=O) groups excluding carboxylic acids is 1. The van der Waals surface area contributed by atoms with Gasteiger partial charge < -0.3 is 20.3 Å². The molecular formula is C22H22N2O4. The Bertz CT molecular complexity index is 984. The summed E-state index contributed by atoms with van der Waals surface area (Å²) in [5.41, 5.74) is 5.44. The Balaban J connectivity index is 1.43. The van der Waals surface area contributed by atoms with Crippen molar-refractivity contribution in [3.8, 4) is 0 Å². The largest absolute Gasteiger partial charge is 0.487 e. The van der Waals surface area contributed by atoms with Gasteiger partial charge in [0.15, 0.2) is 0 Å². The van der Waals surface area contributed by atoms with Crippen molar-refractivity contribution in [2.75, 3.05) is 18.4 Å². The van der Waals surface area contributed by atoms with E-state index in [9.17, 15) is 15.0 Å². The molecule has 0 unspecified atom stereocenters. The maximum absolute atomic E-state index is 12.5. The minimum atomic E-state index is -0.691. The van der Waals surface area contributed by atoms with Gasteiger partial charge in [-0.2, -0.15) is 0 Å². The highest BCUT2D eigenvalue weighted by molar-refractivity contribution is 6.36. The number of fused-ring (bicyclic) bond motifs is 2. The van der Waals surface area contributed by atoms with Crippen molar-refractivity contribution in [1.29, 1.82) is 0 Å². The highest BCUT2D eigenvalue weighted by atomic mass is 16.5. The number of likely N-dealkylation sites (tertiary alicyclic amines) is 1. The molecule has 3 heterocycles. The third-order valence-electron chi connectivity index (χ3n) is 5.72. The van der Waals surface area contributed by atoms with E-state index < -0.39 is 12.2 Å². The maximum Gasteiger partial charge on any atom is 0.260 e. The number of hydrogen-bond acceptors (Lipinski definition) is 5. The van der Waals surface area contributed by atoms with E-state index in [1.807, 2.05) is 36.4 Å². The first-order valence-electron chi connectivity index (χ1n) is 9.58. The molecule has 3 N–H and O–H groups in total. The number of aliphatic hydroxyl groups is 2. The molecule has 0 aliphatic carbocycles. The molecular weight excluding hydrogens is 356 g/mol. The summed E-state index contributed by atoms with van der Waals surface area (Å²) in [5.74, 6) is 0.509. The number of para-hydroxylation sites is 1. The summed E-state index contributed by atoms with van der Waals surface area (Å²) in [6.07, 6.45) is -0.733. The normalized spacial score (nSPS) is 26.6. The second-order valence-electron chi connectivity index (χ2n) is 7.64. The Morgan fingerprint density at radius 2 is 1.96 bits per heavy atom. The number of piperidine rings is 1. The van der Waals surface area contributed by atoms with Crippen LogP contribution in [0.5, 0.6) is 0 Å². The van der Waals surface area contributed by atoms with E-state index in [0.29, 0.717) is 37.4 Å². The van der Waals surface area contributed by atoms with Gasteiger partial charge >= 0.3 is 0 Å². The Kier molecular flexibility index (Phi) is 4.19. The predicted molar refractivity (Wildman–Crippen MR) is 105 cm³/mol. The van der Waals surface area contributed by atoms with Crippen LogP contribution in [0.4, 0.5) is 5.69 Å². The van der Waals surface area contributed by atoms with Gasteiger partial charge in [0.1, 0.15) is 12.4 Å². The molecule has 1 saturated heterocycles. The van der Waals surface area contributed by atoms with Crippen molar-refractivity contribution in [2.45, 2.75) is 31.8 Å². The van der Waals surface area contributed by atoms with Gasteiger partial charge in [-0.3, -0.25) is 9.69 Å². The monoisotopic (exact) mass is 378 g/mol. The van der Waals surface area contributed by atoms with Gasteiger partial charge in [-0.15, -0.1) is 0 Å². The Hall–Kier alpha value is -2.67. The van der Waals surface area contributed by atoms with Crippen LogP contribution in [0, 0.1) is 0 Å². The zero-order valence-corrected chi connectivity index (χ0v) is 15.4. The van der Waals surface area contributed by atoms with Crippen LogP contribution >= 0.6 is 0 Å². The Morgan fingerprint density at radius 1 is 1.11 bits per heavy atom. The SMILES string of the molecule is O=C1Nc2ccccc2C1=C1OCc2cc(CN3CC[C@@H](O)[C@@H](O)C3)ccc21. The van der Waals surface area contributed by atoms with Crippen LogP contribution in [0.15, 0.2) is 42.5 Å². The van der Waals surface area contributed by atoms with Crippen molar-refractivity contribution < 1.29 is 19.7 Å². The zero-order chi connectivity index (χ0) is 19.3. The van der Waals surface area contributed by atoms with Gasteiger partial charge in [-0.25, -0.2) is 0 Å². The maximum atomic E-state index is 12.5. The highest BCUT2D eigenvalue weighted by Crippen LogP contribution is 2.41. The average Bonchev–Trinajstić information content (AvgIpc) is 3.24. The van der Waals surface area contributed by atoms with Crippen LogP contribution in [0.3, 0.4) is 0 Å². The van der Waals surface area contributed by atoms with Crippen LogP contribution in [0.2, 0.25) is 0 Å².